The minimum Gasteiger partial charge on any atom is -0.475 e. The standard InChI is InChI=1S/C16H18N2O4/c1-9-13-12(22-15(9)16(19)20)5-4-10-7-18(17-14(10)13)8-11-3-2-6-21-11/h7,11H,2-6,8H2,1H3,(H,19,20)/t11-/m0/s1. The molecule has 1 aliphatic carbocycles. The van der Waals surface area contributed by atoms with Crippen molar-refractivity contribution < 1.29 is 19.1 Å². The van der Waals surface area contributed by atoms with Crippen molar-refractivity contribution in [2.45, 2.75) is 45.3 Å². The second kappa shape index (κ2) is 4.98. The summed E-state index contributed by atoms with van der Waals surface area (Å²) >= 11 is 0. The largest absolute Gasteiger partial charge is 0.475 e. The van der Waals surface area contributed by atoms with Crippen LogP contribution in [0.15, 0.2) is 10.6 Å². The summed E-state index contributed by atoms with van der Waals surface area (Å²) in [5.41, 5.74) is 3.56. The van der Waals surface area contributed by atoms with E-state index in [4.69, 9.17) is 9.15 Å². The van der Waals surface area contributed by atoms with Crippen LogP contribution in [0.4, 0.5) is 0 Å². The highest BCUT2D eigenvalue weighted by Gasteiger charge is 2.30. The first-order chi connectivity index (χ1) is 10.6. The second-order valence-electron chi connectivity index (χ2n) is 6.02. The molecule has 6 heteroatoms. The SMILES string of the molecule is Cc1c(C(=O)O)oc2c1-c1nn(C[C@@H]3CCCO3)cc1CC2. The van der Waals surface area contributed by atoms with Gasteiger partial charge in [-0.2, -0.15) is 5.10 Å². The molecule has 2 aromatic heterocycles. The van der Waals surface area contributed by atoms with Gasteiger partial charge in [-0.1, -0.05) is 0 Å². The number of fused-ring (bicyclic) bond motifs is 3. The van der Waals surface area contributed by atoms with Crippen molar-refractivity contribution in [2.24, 2.45) is 0 Å². The Kier molecular flexibility index (Phi) is 3.07. The van der Waals surface area contributed by atoms with E-state index < -0.39 is 5.97 Å². The molecule has 1 fully saturated rings. The summed E-state index contributed by atoms with van der Waals surface area (Å²) in [6.07, 6.45) is 6.04. The summed E-state index contributed by atoms with van der Waals surface area (Å²) in [5, 5.41) is 13.9. The van der Waals surface area contributed by atoms with E-state index in [-0.39, 0.29) is 11.9 Å². The van der Waals surface area contributed by atoms with Crippen LogP contribution in [-0.4, -0.2) is 33.6 Å². The summed E-state index contributed by atoms with van der Waals surface area (Å²) in [6.45, 7) is 3.38. The molecule has 0 aromatic carbocycles. The zero-order valence-corrected chi connectivity index (χ0v) is 12.5. The van der Waals surface area contributed by atoms with Crippen LogP contribution in [0.1, 0.15) is 40.3 Å². The average molecular weight is 302 g/mol. The molecule has 1 saturated heterocycles. The van der Waals surface area contributed by atoms with Gasteiger partial charge in [-0.05, 0) is 31.7 Å². The Hall–Kier alpha value is -2.08. The highest BCUT2D eigenvalue weighted by molar-refractivity contribution is 5.90. The molecule has 0 unspecified atom stereocenters. The van der Waals surface area contributed by atoms with Crippen molar-refractivity contribution in [1.82, 2.24) is 9.78 Å². The van der Waals surface area contributed by atoms with E-state index >= 15 is 0 Å². The van der Waals surface area contributed by atoms with Crippen molar-refractivity contribution in [3.63, 3.8) is 0 Å². The lowest BCUT2D eigenvalue weighted by atomic mass is 9.94. The molecule has 2 aromatic rings. The lowest BCUT2D eigenvalue weighted by molar-refractivity contribution is 0.0659. The van der Waals surface area contributed by atoms with Gasteiger partial charge in [0.2, 0.25) is 5.76 Å². The Morgan fingerprint density at radius 2 is 2.36 bits per heavy atom. The van der Waals surface area contributed by atoms with Gasteiger partial charge >= 0.3 is 5.97 Å². The first kappa shape index (κ1) is 13.6. The quantitative estimate of drug-likeness (QED) is 0.942. The van der Waals surface area contributed by atoms with Gasteiger partial charge in [-0.3, -0.25) is 4.68 Å². The van der Waals surface area contributed by atoms with Crippen molar-refractivity contribution in [3.05, 3.63) is 28.8 Å². The van der Waals surface area contributed by atoms with Crippen LogP contribution in [0.5, 0.6) is 0 Å². The number of carboxylic acids is 1. The molecule has 0 saturated carbocycles. The van der Waals surface area contributed by atoms with E-state index in [2.05, 4.69) is 11.3 Å². The third-order valence-electron chi connectivity index (χ3n) is 4.52. The molecule has 4 rings (SSSR count). The molecule has 116 valence electrons. The Labute approximate surface area is 127 Å². The van der Waals surface area contributed by atoms with Crippen molar-refractivity contribution in [1.29, 1.82) is 0 Å². The van der Waals surface area contributed by atoms with E-state index in [0.717, 1.165) is 61.4 Å². The molecule has 1 N–H and O–H groups in total. The number of carbonyl (C=O) groups is 1. The first-order valence-corrected chi connectivity index (χ1v) is 7.67. The molecule has 22 heavy (non-hydrogen) atoms. The van der Waals surface area contributed by atoms with E-state index in [1.807, 2.05) is 4.68 Å². The van der Waals surface area contributed by atoms with Crippen molar-refractivity contribution >= 4 is 5.97 Å². The van der Waals surface area contributed by atoms with Crippen LogP contribution in [0.25, 0.3) is 11.3 Å². The van der Waals surface area contributed by atoms with Crippen LogP contribution in [0.3, 0.4) is 0 Å². The molecular formula is C16H18N2O4. The van der Waals surface area contributed by atoms with Crippen LogP contribution >= 0.6 is 0 Å². The number of aryl methyl sites for hydroxylation is 2. The minimum absolute atomic E-state index is 0.0338. The highest BCUT2D eigenvalue weighted by Crippen LogP contribution is 2.38. The number of hydrogen-bond donors (Lipinski definition) is 1. The van der Waals surface area contributed by atoms with Crippen LogP contribution in [-0.2, 0) is 24.1 Å². The van der Waals surface area contributed by atoms with Crippen LogP contribution in [0.2, 0.25) is 0 Å². The number of aromatic nitrogens is 2. The van der Waals surface area contributed by atoms with Gasteiger partial charge in [-0.25, -0.2) is 4.79 Å². The normalized spacial score (nSPS) is 20.0. The Morgan fingerprint density at radius 1 is 1.50 bits per heavy atom. The number of hydrogen-bond acceptors (Lipinski definition) is 4. The molecule has 2 aliphatic rings. The topological polar surface area (TPSA) is 77.5 Å². The maximum absolute atomic E-state index is 11.3. The third-order valence-corrected chi connectivity index (χ3v) is 4.52. The molecule has 1 atom stereocenters. The van der Waals surface area contributed by atoms with Gasteiger partial charge in [0, 0.05) is 30.4 Å². The molecule has 3 heterocycles. The monoisotopic (exact) mass is 302 g/mol. The van der Waals surface area contributed by atoms with Crippen LogP contribution in [0, 0.1) is 6.92 Å². The van der Waals surface area contributed by atoms with E-state index in [1.165, 1.54) is 0 Å². The maximum atomic E-state index is 11.3. The van der Waals surface area contributed by atoms with Gasteiger partial charge < -0.3 is 14.3 Å². The fourth-order valence-electron chi connectivity index (χ4n) is 3.46. The third kappa shape index (κ3) is 2.06. The van der Waals surface area contributed by atoms with Gasteiger partial charge in [0.05, 0.1) is 18.3 Å². The van der Waals surface area contributed by atoms with Crippen molar-refractivity contribution in [3.8, 4) is 11.3 Å². The molecule has 0 amide bonds. The summed E-state index contributed by atoms with van der Waals surface area (Å²) in [7, 11) is 0. The summed E-state index contributed by atoms with van der Waals surface area (Å²) in [4.78, 5) is 11.3. The Bertz CT molecular complexity index is 738. The highest BCUT2D eigenvalue weighted by atomic mass is 16.5. The lowest BCUT2D eigenvalue weighted by Gasteiger charge is -2.09. The molecule has 0 bridgehead atoms. The van der Waals surface area contributed by atoms with Gasteiger partial charge in [0.25, 0.3) is 0 Å². The number of ether oxygens (including phenoxy) is 1. The number of nitrogens with zero attached hydrogens (tertiary/aromatic N) is 2. The predicted octanol–water partition coefficient (Wildman–Crippen LogP) is 2.43. The minimum atomic E-state index is -1.02. The Balaban J connectivity index is 1.71. The first-order valence-electron chi connectivity index (χ1n) is 7.67. The summed E-state index contributed by atoms with van der Waals surface area (Å²) in [6, 6.07) is 0. The number of aromatic carboxylic acids is 1. The summed E-state index contributed by atoms with van der Waals surface area (Å²) in [5.74, 6) is -0.247. The fourth-order valence-corrected chi connectivity index (χ4v) is 3.46. The molecular weight excluding hydrogens is 284 g/mol. The summed E-state index contributed by atoms with van der Waals surface area (Å²) < 4.78 is 13.1. The lowest BCUT2D eigenvalue weighted by Crippen LogP contribution is -2.15. The maximum Gasteiger partial charge on any atom is 0.372 e. The number of carboxylic acid groups (broad SMARTS) is 1. The average Bonchev–Trinajstić information content (AvgIpc) is 3.17. The zero-order chi connectivity index (χ0) is 15.3. The zero-order valence-electron chi connectivity index (χ0n) is 12.5. The molecule has 0 radical (unpaired) electrons. The van der Waals surface area contributed by atoms with Gasteiger partial charge in [-0.15, -0.1) is 0 Å². The van der Waals surface area contributed by atoms with Gasteiger partial charge in [0.15, 0.2) is 0 Å². The second-order valence-corrected chi connectivity index (χ2v) is 6.02. The molecule has 6 nitrogen and oxygen atoms in total. The van der Waals surface area contributed by atoms with Gasteiger partial charge in [0.1, 0.15) is 5.76 Å². The van der Waals surface area contributed by atoms with Crippen LogP contribution < -0.4 is 0 Å². The van der Waals surface area contributed by atoms with E-state index in [9.17, 15) is 9.90 Å². The molecule has 0 spiro atoms. The number of furan rings is 1. The predicted molar refractivity (Wildman–Crippen MR) is 78.0 cm³/mol. The van der Waals surface area contributed by atoms with Crippen molar-refractivity contribution in [2.75, 3.05) is 6.61 Å². The van der Waals surface area contributed by atoms with E-state index in [1.54, 1.807) is 6.92 Å². The Morgan fingerprint density at radius 3 is 3.09 bits per heavy atom. The van der Waals surface area contributed by atoms with E-state index in [0.29, 0.717) is 5.56 Å². The smallest absolute Gasteiger partial charge is 0.372 e. The number of rotatable bonds is 3. The fraction of sp³-hybridized carbons (Fsp3) is 0.500. The molecule has 1 aliphatic heterocycles.